The van der Waals surface area contributed by atoms with Gasteiger partial charge in [-0.2, -0.15) is 0 Å². The Morgan fingerprint density at radius 3 is 2.73 bits per heavy atom. The molecular weight excluding hydrogens is 193 g/mol. The van der Waals surface area contributed by atoms with Crippen molar-refractivity contribution in [3.8, 4) is 0 Å². The van der Waals surface area contributed by atoms with Crippen LogP contribution in [0.1, 0.15) is 17.9 Å². The number of rotatable bonds is 2. The molecule has 0 saturated carbocycles. The molecule has 2 atom stereocenters. The molecule has 0 radical (unpaired) electrons. The number of nitrogens with one attached hydrogen (secondary N) is 1. The lowest BCUT2D eigenvalue weighted by Crippen LogP contribution is -2.36. The van der Waals surface area contributed by atoms with Crippen LogP contribution < -0.4 is 5.32 Å². The molecular formula is C12H16FNO. The Kier molecular flexibility index (Phi) is 3.34. The van der Waals surface area contributed by atoms with Crippen LogP contribution in [0.4, 0.5) is 4.39 Å². The molecule has 1 heterocycles. The Hall–Kier alpha value is -0.930. The highest BCUT2D eigenvalue weighted by Crippen LogP contribution is 2.28. The van der Waals surface area contributed by atoms with E-state index >= 15 is 0 Å². The minimum atomic E-state index is -0.205. The maximum Gasteiger partial charge on any atom is 0.123 e. The Morgan fingerprint density at radius 2 is 2.07 bits per heavy atom. The number of aliphatic hydroxyl groups excluding tert-OH is 1. The first kappa shape index (κ1) is 10.6. The van der Waals surface area contributed by atoms with Crippen LogP contribution in [-0.2, 0) is 0 Å². The van der Waals surface area contributed by atoms with Gasteiger partial charge < -0.3 is 10.4 Å². The third-order valence-corrected chi connectivity index (χ3v) is 3.16. The quantitative estimate of drug-likeness (QED) is 0.774. The van der Waals surface area contributed by atoms with Gasteiger partial charge in [-0.05, 0) is 36.6 Å². The zero-order valence-corrected chi connectivity index (χ0v) is 8.62. The van der Waals surface area contributed by atoms with Gasteiger partial charge >= 0.3 is 0 Å². The van der Waals surface area contributed by atoms with Crippen molar-refractivity contribution in [3.05, 3.63) is 35.6 Å². The van der Waals surface area contributed by atoms with Gasteiger partial charge in [-0.25, -0.2) is 4.39 Å². The van der Waals surface area contributed by atoms with Gasteiger partial charge in [0.15, 0.2) is 0 Å². The van der Waals surface area contributed by atoms with E-state index in [-0.39, 0.29) is 12.4 Å². The van der Waals surface area contributed by atoms with Crippen LogP contribution in [0, 0.1) is 11.7 Å². The third-order valence-electron chi connectivity index (χ3n) is 3.16. The lowest BCUT2D eigenvalue weighted by atomic mass is 9.82. The first-order chi connectivity index (χ1) is 7.31. The first-order valence-corrected chi connectivity index (χ1v) is 5.38. The number of benzene rings is 1. The van der Waals surface area contributed by atoms with E-state index in [9.17, 15) is 9.50 Å². The van der Waals surface area contributed by atoms with Crippen molar-refractivity contribution in [2.24, 2.45) is 5.92 Å². The number of halogens is 1. The Morgan fingerprint density at radius 1 is 1.33 bits per heavy atom. The number of hydrogen-bond acceptors (Lipinski definition) is 2. The summed E-state index contributed by atoms with van der Waals surface area (Å²) in [5.74, 6) is 0.407. The van der Waals surface area contributed by atoms with E-state index in [4.69, 9.17) is 0 Å². The Labute approximate surface area is 89.1 Å². The van der Waals surface area contributed by atoms with Gasteiger partial charge in [-0.1, -0.05) is 12.1 Å². The summed E-state index contributed by atoms with van der Waals surface area (Å²) < 4.78 is 12.8. The summed E-state index contributed by atoms with van der Waals surface area (Å²) in [5, 5.41) is 12.6. The van der Waals surface area contributed by atoms with Crippen molar-refractivity contribution < 1.29 is 9.50 Å². The average molecular weight is 209 g/mol. The topological polar surface area (TPSA) is 32.3 Å². The molecule has 15 heavy (non-hydrogen) atoms. The standard InChI is InChI=1S/C12H16FNO/c13-11-3-1-9(2-4-11)12-7-14-6-5-10(12)8-15/h1-4,10,12,14-15H,5-8H2. The highest BCUT2D eigenvalue weighted by molar-refractivity contribution is 5.22. The molecule has 3 heteroatoms. The third kappa shape index (κ3) is 2.36. The molecule has 2 N–H and O–H groups in total. The van der Waals surface area contributed by atoms with Crippen LogP contribution in [0.3, 0.4) is 0 Å². The van der Waals surface area contributed by atoms with Crippen LogP contribution in [0.5, 0.6) is 0 Å². The SMILES string of the molecule is OCC1CCNCC1c1ccc(F)cc1. The lowest BCUT2D eigenvalue weighted by molar-refractivity contribution is 0.176. The molecule has 2 rings (SSSR count). The second-order valence-electron chi connectivity index (χ2n) is 4.09. The van der Waals surface area contributed by atoms with E-state index in [0.29, 0.717) is 11.8 Å². The normalized spacial score (nSPS) is 26.5. The van der Waals surface area contributed by atoms with Gasteiger partial charge in [0.1, 0.15) is 5.82 Å². The molecule has 0 aliphatic carbocycles. The molecule has 0 spiro atoms. The van der Waals surface area contributed by atoms with Gasteiger partial charge in [-0.15, -0.1) is 0 Å². The smallest absolute Gasteiger partial charge is 0.123 e. The van der Waals surface area contributed by atoms with Crippen LogP contribution in [0.15, 0.2) is 24.3 Å². The highest BCUT2D eigenvalue weighted by atomic mass is 19.1. The largest absolute Gasteiger partial charge is 0.396 e. The predicted molar refractivity (Wildman–Crippen MR) is 57.2 cm³/mol. The van der Waals surface area contributed by atoms with E-state index < -0.39 is 0 Å². The summed E-state index contributed by atoms with van der Waals surface area (Å²) in [6.07, 6.45) is 0.985. The van der Waals surface area contributed by atoms with Crippen LogP contribution in [-0.4, -0.2) is 24.8 Å². The summed E-state index contributed by atoms with van der Waals surface area (Å²) in [6.45, 7) is 2.05. The minimum absolute atomic E-state index is 0.205. The van der Waals surface area contributed by atoms with E-state index in [1.807, 2.05) is 12.1 Å². The molecule has 0 aromatic heterocycles. The highest BCUT2D eigenvalue weighted by Gasteiger charge is 2.25. The molecule has 1 saturated heterocycles. The molecule has 1 aromatic rings. The monoisotopic (exact) mass is 209 g/mol. The number of hydrogen-bond donors (Lipinski definition) is 2. The summed E-state index contributed by atoms with van der Waals surface area (Å²) in [7, 11) is 0. The Balaban J connectivity index is 2.16. The molecule has 2 unspecified atom stereocenters. The summed E-state index contributed by atoms with van der Waals surface area (Å²) >= 11 is 0. The van der Waals surface area contributed by atoms with Gasteiger partial charge in [-0.3, -0.25) is 0 Å². The second-order valence-corrected chi connectivity index (χ2v) is 4.09. The Bertz CT molecular complexity index is 312. The van der Waals surface area contributed by atoms with Crippen LogP contribution in [0.2, 0.25) is 0 Å². The molecule has 1 aliphatic rings. The average Bonchev–Trinajstić information content (AvgIpc) is 2.30. The van der Waals surface area contributed by atoms with E-state index in [1.165, 1.54) is 12.1 Å². The number of piperidine rings is 1. The molecule has 1 aromatic carbocycles. The fourth-order valence-corrected chi connectivity index (χ4v) is 2.23. The lowest BCUT2D eigenvalue weighted by Gasteiger charge is -2.31. The minimum Gasteiger partial charge on any atom is -0.396 e. The molecule has 0 bridgehead atoms. The van der Waals surface area contributed by atoms with E-state index in [2.05, 4.69) is 5.32 Å². The van der Waals surface area contributed by atoms with Crippen LogP contribution >= 0.6 is 0 Å². The van der Waals surface area contributed by atoms with Crippen molar-refractivity contribution in [3.63, 3.8) is 0 Å². The summed E-state index contributed by atoms with van der Waals surface area (Å²) in [5.41, 5.74) is 1.11. The maximum atomic E-state index is 12.8. The van der Waals surface area contributed by atoms with E-state index in [1.54, 1.807) is 0 Å². The molecule has 1 aliphatic heterocycles. The zero-order valence-electron chi connectivity index (χ0n) is 8.62. The predicted octanol–water partition coefficient (Wildman–Crippen LogP) is 1.51. The zero-order chi connectivity index (χ0) is 10.7. The fourth-order valence-electron chi connectivity index (χ4n) is 2.23. The number of aliphatic hydroxyl groups is 1. The first-order valence-electron chi connectivity index (χ1n) is 5.38. The molecule has 0 amide bonds. The van der Waals surface area contributed by atoms with Crippen molar-refractivity contribution in [2.45, 2.75) is 12.3 Å². The van der Waals surface area contributed by atoms with Crippen molar-refractivity contribution in [2.75, 3.05) is 19.7 Å². The fraction of sp³-hybridized carbons (Fsp3) is 0.500. The van der Waals surface area contributed by atoms with Crippen molar-refractivity contribution in [1.29, 1.82) is 0 Å². The second kappa shape index (κ2) is 4.73. The van der Waals surface area contributed by atoms with E-state index in [0.717, 1.165) is 25.1 Å². The van der Waals surface area contributed by atoms with Crippen molar-refractivity contribution in [1.82, 2.24) is 5.32 Å². The van der Waals surface area contributed by atoms with Gasteiger partial charge in [0, 0.05) is 19.1 Å². The van der Waals surface area contributed by atoms with Crippen molar-refractivity contribution >= 4 is 0 Å². The summed E-state index contributed by atoms with van der Waals surface area (Å²) in [6, 6.07) is 6.60. The van der Waals surface area contributed by atoms with Gasteiger partial charge in [0.05, 0.1) is 0 Å². The molecule has 2 nitrogen and oxygen atoms in total. The van der Waals surface area contributed by atoms with Gasteiger partial charge in [0.25, 0.3) is 0 Å². The summed E-state index contributed by atoms with van der Waals surface area (Å²) in [4.78, 5) is 0. The molecule has 82 valence electrons. The maximum absolute atomic E-state index is 12.8. The van der Waals surface area contributed by atoms with Crippen LogP contribution in [0.25, 0.3) is 0 Å². The molecule has 1 fully saturated rings. The van der Waals surface area contributed by atoms with Gasteiger partial charge in [0.2, 0.25) is 0 Å².